The van der Waals surface area contributed by atoms with Crippen LogP contribution in [-0.2, 0) is 19.3 Å². The van der Waals surface area contributed by atoms with Gasteiger partial charge in [-0.05, 0) is 25.3 Å². The topological polar surface area (TPSA) is 69.7 Å². The standard InChI is InChI=1S/C10H16O5S/c1-16(12,13)8-7-14-10(11)15-9-5-3-2-4-6-9/h3,5,9H,2,4,6-8H2,1H3. The van der Waals surface area contributed by atoms with Crippen molar-refractivity contribution < 1.29 is 22.7 Å². The zero-order valence-corrected chi connectivity index (χ0v) is 10.0. The lowest BCUT2D eigenvalue weighted by atomic mass is 10.1. The molecule has 0 N–H and O–H groups in total. The molecule has 0 aliphatic heterocycles. The third-order valence-electron chi connectivity index (χ3n) is 2.13. The van der Waals surface area contributed by atoms with E-state index >= 15 is 0 Å². The van der Waals surface area contributed by atoms with Gasteiger partial charge in [-0.15, -0.1) is 0 Å². The molecule has 0 amide bonds. The molecule has 1 unspecified atom stereocenters. The molecule has 0 bridgehead atoms. The Morgan fingerprint density at radius 1 is 1.50 bits per heavy atom. The number of carbonyl (C=O) groups excluding carboxylic acids is 1. The van der Waals surface area contributed by atoms with Crippen molar-refractivity contribution in [3.8, 4) is 0 Å². The first kappa shape index (κ1) is 13.0. The molecule has 0 aromatic heterocycles. The molecule has 5 nitrogen and oxygen atoms in total. The average Bonchev–Trinajstić information content (AvgIpc) is 2.17. The van der Waals surface area contributed by atoms with Gasteiger partial charge in [0.05, 0.1) is 5.75 Å². The molecule has 1 aliphatic rings. The van der Waals surface area contributed by atoms with Crippen LogP contribution in [0.15, 0.2) is 12.2 Å². The molecule has 0 saturated carbocycles. The average molecular weight is 248 g/mol. The summed E-state index contributed by atoms with van der Waals surface area (Å²) < 4.78 is 31.1. The number of rotatable bonds is 4. The first-order valence-electron chi connectivity index (χ1n) is 5.15. The predicted octanol–water partition coefficient (Wildman–Crippen LogP) is 1.29. The maximum atomic E-state index is 11.1. The van der Waals surface area contributed by atoms with Gasteiger partial charge in [0.2, 0.25) is 0 Å². The molecule has 92 valence electrons. The first-order chi connectivity index (χ1) is 7.47. The summed E-state index contributed by atoms with van der Waals surface area (Å²) in [6.45, 7) is -0.159. The Labute approximate surface area is 95.3 Å². The van der Waals surface area contributed by atoms with Gasteiger partial charge >= 0.3 is 6.16 Å². The van der Waals surface area contributed by atoms with Crippen LogP contribution in [0.4, 0.5) is 4.79 Å². The second-order valence-electron chi connectivity index (χ2n) is 3.74. The van der Waals surface area contributed by atoms with E-state index in [9.17, 15) is 13.2 Å². The van der Waals surface area contributed by atoms with Crippen LogP contribution >= 0.6 is 0 Å². The summed E-state index contributed by atoms with van der Waals surface area (Å²) in [5.41, 5.74) is 0. The summed E-state index contributed by atoms with van der Waals surface area (Å²) in [7, 11) is -3.10. The number of allylic oxidation sites excluding steroid dienone is 1. The highest BCUT2D eigenvalue weighted by molar-refractivity contribution is 7.90. The minimum atomic E-state index is -3.10. The number of hydrogen-bond donors (Lipinski definition) is 0. The van der Waals surface area contributed by atoms with Gasteiger partial charge in [-0.2, -0.15) is 0 Å². The quantitative estimate of drug-likeness (QED) is 0.554. The smallest absolute Gasteiger partial charge is 0.433 e. The molecule has 0 fully saturated rings. The summed E-state index contributed by atoms with van der Waals surface area (Å²) in [6, 6.07) is 0. The van der Waals surface area contributed by atoms with Gasteiger partial charge in [0.15, 0.2) is 9.84 Å². The molecule has 16 heavy (non-hydrogen) atoms. The number of hydrogen-bond acceptors (Lipinski definition) is 5. The van der Waals surface area contributed by atoms with E-state index in [1.165, 1.54) is 0 Å². The van der Waals surface area contributed by atoms with Gasteiger partial charge in [0, 0.05) is 6.26 Å². The second-order valence-corrected chi connectivity index (χ2v) is 6.00. The molecule has 1 aliphatic carbocycles. The molecule has 0 heterocycles. The normalized spacial score (nSPS) is 20.4. The molecule has 0 spiro atoms. The third kappa shape index (κ3) is 5.75. The van der Waals surface area contributed by atoms with Crippen LogP contribution in [0.3, 0.4) is 0 Å². The lowest BCUT2D eigenvalue weighted by molar-refractivity contribution is 0.0371. The summed E-state index contributed by atoms with van der Waals surface area (Å²) >= 11 is 0. The Bertz CT molecular complexity index is 357. The highest BCUT2D eigenvalue weighted by Gasteiger charge is 2.15. The van der Waals surface area contributed by atoms with Gasteiger partial charge in [-0.3, -0.25) is 0 Å². The van der Waals surface area contributed by atoms with Crippen molar-refractivity contribution in [3.63, 3.8) is 0 Å². The van der Waals surface area contributed by atoms with Crippen LogP contribution in [0.1, 0.15) is 19.3 Å². The van der Waals surface area contributed by atoms with E-state index in [1.54, 1.807) is 0 Å². The summed E-state index contributed by atoms with van der Waals surface area (Å²) in [4.78, 5) is 11.1. The molecule has 1 atom stereocenters. The Morgan fingerprint density at radius 3 is 2.81 bits per heavy atom. The van der Waals surface area contributed by atoms with E-state index < -0.39 is 16.0 Å². The number of sulfone groups is 1. The van der Waals surface area contributed by atoms with E-state index in [2.05, 4.69) is 4.74 Å². The van der Waals surface area contributed by atoms with Crippen molar-refractivity contribution in [2.24, 2.45) is 0 Å². The van der Waals surface area contributed by atoms with E-state index in [1.807, 2.05) is 12.2 Å². The van der Waals surface area contributed by atoms with Gasteiger partial charge in [-0.1, -0.05) is 6.08 Å². The zero-order chi connectivity index (χ0) is 12.0. The van der Waals surface area contributed by atoms with Crippen molar-refractivity contribution in [1.82, 2.24) is 0 Å². The van der Waals surface area contributed by atoms with Crippen LogP contribution in [0.5, 0.6) is 0 Å². The van der Waals surface area contributed by atoms with Crippen LogP contribution in [0.2, 0.25) is 0 Å². The number of ether oxygens (including phenoxy) is 2. The van der Waals surface area contributed by atoms with E-state index in [0.29, 0.717) is 0 Å². The van der Waals surface area contributed by atoms with E-state index in [4.69, 9.17) is 4.74 Å². The van der Waals surface area contributed by atoms with Crippen LogP contribution in [0, 0.1) is 0 Å². The fraction of sp³-hybridized carbons (Fsp3) is 0.700. The monoisotopic (exact) mass is 248 g/mol. The Kier molecular flexibility index (Phi) is 4.79. The van der Waals surface area contributed by atoms with Crippen LogP contribution in [-0.4, -0.2) is 39.3 Å². The molecule has 1 rings (SSSR count). The van der Waals surface area contributed by atoms with Gasteiger partial charge < -0.3 is 9.47 Å². The lowest BCUT2D eigenvalue weighted by Gasteiger charge is -2.16. The largest absolute Gasteiger partial charge is 0.508 e. The second kappa shape index (κ2) is 5.89. The van der Waals surface area contributed by atoms with E-state index in [0.717, 1.165) is 25.5 Å². The molecule has 0 aromatic rings. The highest BCUT2D eigenvalue weighted by Crippen LogP contribution is 2.13. The molecular formula is C10H16O5S. The van der Waals surface area contributed by atoms with E-state index in [-0.39, 0.29) is 18.5 Å². The Balaban J connectivity index is 2.20. The van der Waals surface area contributed by atoms with Crippen LogP contribution < -0.4 is 0 Å². The highest BCUT2D eigenvalue weighted by atomic mass is 32.2. The zero-order valence-electron chi connectivity index (χ0n) is 9.22. The maximum absolute atomic E-state index is 11.1. The Hall–Kier alpha value is -1.04. The molecule has 0 radical (unpaired) electrons. The first-order valence-corrected chi connectivity index (χ1v) is 7.21. The van der Waals surface area contributed by atoms with Crippen molar-refractivity contribution in [2.75, 3.05) is 18.6 Å². The number of carbonyl (C=O) groups is 1. The summed E-state index contributed by atoms with van der Waals surface area (Å²) in [6.07, 6.45) is 6.60. The van der Waals surface area contributed by atoms with Gasteiger partial charge in [0.1, 0.15) is 12.7 Å². The molecule has 0 aromatic carbocycles. The molecule has 0 saturated heterocycles. The summed E-state index contributed by atoms with van der Waals surface area (Å²) in [5.74, 6) is -0.178. The van der Waals surface area contributed by atoms with Gasteiger partial charge in [-0.25, -0.2) is 13.2 Å². The third-order valence-corrected chi connectivity index (χ3v) is 3.04. The van der Waals surface area contributed by atoms with Crippen molar-refractivity contribution in [2.45, 2.75) is 25.4 Å². The fourth-order valence-corrected chi connectivity index (χ4v) is 1.70. The lowest BCUT2D eigenvalue weighted by Crippen LogP contribution is -2.21. The molecule has 6 heteroatoms. The maximum Gasteiger partial charge on any atom is 0.508 e. The Morgan fingerprint density at radius 2 is 2.25 bits per heavy atom. The predicted molar refractivity (Wildman–Crippen MR) is 58.9 cm³/mol. The SMILES string of the molecule is CS(=O)(=O)CCOC(=O)OC1C=CCCC1. The summed E-state index contributed by atoms with van der Waals surface area (Å²) in [5, 5.41) is 0. The van der Waals surface area contributed by atoms with Crippen molar-refractivity contribution >= 4 is 16.0 Å². The minimum absolute atomic E-state index is 0.159. The minimum Gasteiger partial charge on any atom is -0.433 e. The molecular weight excluding hydrogens is 232 g/mol. The fourth-order valence-electron chi connectivity index (χ4n) is 1.31. The van der Waals surface area contributed by atoms with Gasteiger partial charge in [0.25, 0.3) is 0 Å². The van der Waals surface area contributed by atoms with Crippen molar-refractivity contribution in [3.05, 3.63) is 12.2 Å². The van der Waals surface area contributed by atoms with Crippen LogP contribution in [0.25, 0.3) is 0 Å². The van der Waals surface area contributed by atoms with Crippen molar-refractivity contribution in [1.29, 1.82) is 0 Å².